The second-order valence-electron chi connectivity index (χ2n) is 5.79. The number of thiol groups is 2. The maximum atomic E-state index is 5.84. The second-order valence-corrected chi connectivity index (χ2v) is 7.25. The van der Waals surface area contributed by atoms with Gasteiger partial charge in [-0.2, -0.15) is 25.3 Å². The van der Waals surface area contributed by atoms with Crippen molar-refractivity contribution in [3.05, 3.63) is 48.5 Å². The highest BCUT2D eigenvalue weighted by molar-refractivity contribution is 7.81. The average Bonchev–Trinajstić information content (AvgIpc) is 2.66. The molecule has 0 saturated carbocycles. The Labute approximate surface area is 161 Å². The molecule has 2 aromatic rings. The molecule has 0 radical (unpaired) electrons. The molecule has 2 atom stereocenters. The van der Waals surface area contributed by atoms with Crippen LogP contribution in [0.5, 0.6) is 23.0 Å². The molecule has 3 nitrogen and oxygen atoms in total. The molecule has 0 aliphatic heterocycles. The van der Waals surface area contributed by atoms with Gasteiger partial charge in [-0.25, -0.2) is 0 Å². The van der Waals surface area contributed by atoms with Crippen LogP contribution in [0.4, 0.5) is 0 Å². The highest BCUT2D eigenvalue weighted by Gasteiger charge is 2.04. The molecule has 0 amide bonds. The van der Waals surface area contributed by atoms with Crippen LogP contribution in [0, 0.1) is 0 Å². The molecule has 0 aromatic heterocycles. The highest BCUT2D eigenvalue weighted by atomic mass is 32.1. The monoisotopic (exact) mass is 378 g/mol. The van der Waals surface area contributed by atoms with Gasteiger partial charge in [-0.3, -0.25) is 0 Å². The van der Waals surface area contributed by atoms with E-state index in [0.29, 0.717) is 13.2 Å². The molecular formula is C20H26O3S2. The van der Waals surface area contributed by atoms with Gasteiger partial charge in [0.05, 0.1) is 13.2 Å². The summed E-state index contributed by atoms with van der Waals surface area (Å²) in [5, 5.41) is 0.513. The fraction of sp³-hybridized carbons (Fsp3) is 0.400. The molecule has 0 N–H and O–H groups in total. The van der Waals surface area contributed by atoms with Gasteiger partial charge in [0.15, 0.2) is 0 Å². The smallest absolute Gasteiger partial charge is 0.127 e. The Bertz CT molecular complexity index is 558. The molecule has 136 valence electrons. The van der Waals surface area contributed by atoms with Crippen molar-refractivity contribution in [1.82, 2.24) is 0 Å². The van der Waals surface area contributed by atoms with Gasteiger partial charge in [0, 0.05) is 10.5 Å². The van der Waals surface area contributed by atoms with Gasteiger partial charge in [-0.05, 0) is 61.4 Å². The zero-order chi connectivity index (χ0) is 18.1. The zero-order valence-corrected chi connectivity index (χ0v) is 16.5. The van der Waals surface area contributed by atoms with Crippen LogP contribution in [0.1, 0.15) is 26.7 Å². The Morgan fingerprint density at radius 3 is 1.28 bits per heavy atom. The van der Waals surface area contributed by atoms with Crippen molar-refractivity contribution in [2.75, 3.05) is 13.2 Å². The number of ether oxygens (including phenoxy) is 3. The van der Waals surface area contributed by atoms with E-state index in [4.69, 9.17) is 14.2 Å². The van der Waals surface area contributed by atoms with Crippen LogP contribution >= 0.6 is 25.3 Å². The minimum Gasteiger partial charge on any atom is -0.492 e. The van der Waals surface area contributed by atoms with Crippen molar-refractivity contribution in [3.8, 4) is 23.0 Å². The van der Waals surface area contributed by atoms with Crippen molar-refractivity contribution in [3.63, 3.8) is 0 Å². The van der Waals surface area contributed by atoms with E-state index < -0.39 is 0 Å². The first-order valence-electron chi connectivity index (χ1n) is 8.60. The number of benzene rings is 2. The van der Waals surface area contributed by atoms with E-state index >= 15 is 0 Å². The summed E-state index contributed by atoms with van der Waals surface area (Å²) in [6.07, 6.45) is 1.97. The lowest BCUT2D eigenvalue weighted by Crippen LogP contribution is -2.10. The summed E-state index contributed by atoms with van der Waals surface area (Å²) in [7, 11) is 0. The van der Waals surface area contributed by atoms with E-state index in [1.165, 1.54) is 0 Å². The molecule has 0 aliphatic carbocycles. The van der Waals surface area contributed by atoms with E-state index in [2.05, 4.69) is 39.1 Å². The molecule has 2 unspecified atom stereocenters. The molecule has 0 saturated heterocycles. The predicted molar refractivity (Wildman–Crippen MR) is 110 cm³/mol. The van der Waals surface area contributed by atoms with Crippen molar-refractivity contribution in [2.45, 2.75) is 37.2 Å². The summed E-state index contributed by atoms with van der Waals surface area (Å²) in [5.41, 5.74) is 0. The zero-order valence-electron chi connectivity index (χ0n) is 14.7. The van der Waals surface area contributed by atoms with E-state index in [0.717, 1.165) is 35.8 Å². The van der Waals surface area contributed by atoms with Crippen LogP contribution in [-0.4, -0.2) is 23.7 Å². The number of rotatable bonds is 10. The lowest BCUT2D eigenvalue weighted by molar-refractivity contribution is 0.314. The second kappa shape index (κ2) is 10.5. The molecule has 25 heavy (non-hydrogen) atoms. The first kappa shape index (κ1) is 19.9. The molecule has 0 heterocycles. The SMILES string of the molecule is CCC(S)COc1ccc(Oc2ccc(OCC(S)CC)cc2)cc1. The number of hydrogen-bond acceptors (Lipinski definition) is 5. The van der Waals surface area contributed by atoms with Crippen LogP contribution in [-0.2, 0) is 0 Å². The van der Waals surface area contributed by atoms with Gasteiger partial charge >= 0.3 is 0 Å². The van der Waals surface area contributed by atoms with Gasteiger partial charge in [0.25, 0.3) is 0 Å². The molecule has 2 rings (SSSR count). The van der Waals surface area contributed by atoms with Gasteiger partial charge in [0.1, 0.15) is 23.0 Å². The Morgan fingerprint density at radius 2 is 0.960 bits per heavy atom. The van der Waals surface area contributed by atoms with E-state index in [-0.39, 0.29) is 10.5 Å². The first-order valence-corrected chi connectivity index (χ1v) is 9.63. The van der Waals surface area contributed by atoms with Crippen LogP contribution < -0.4 is 14.2 Å². The summed E-state index contributed by atoms with van der Waals surface area (Å²) in [6, 6.07) is 15.2. The van der Waals surface area contributed by atoms with Gasteiger partial charge < -0.3 is 14.2 Å². The summed E-state index contributed by atoms with van der Waals surface area (Å²) < 4.78 is 17.2. The predicted octanol–water partition coefficient (Wildman–Crippen LogP) is 5.65. The number of hydrogen-bond donors (Lipinski definition) is 2. The Kier molecular flexibility index (Phi) is 8.35. The largest absolute Gasteiger partial charge is 0.492 e. The molecule has 0 bridgehead atoms. The average molecular weight is 379 g/mol. The van der Waals surface area contributed by atoms with E-state index in [1.54, 1.807) is 0 Å². The quantitative estimate of drug-likeness (QED) is 0.523. The van der Waals surface area contributed by atoms with Crippen molar-refractivity contribution >= 4 is 25.3 Å². The summed E-state index contributed by atoms with van der Waals surface area (Å²) in [4.78, 5) is 0. The fourth-order valence-electron chi connectivity index (χ4n) is 1.96. The van der Waals surface area contributed by atoms with Crippen molar-refractivity contribution in [2.24, 2.45) is 0 Å². The molecule has 0 spiro atoms. The minimum absolute atomic E-state index is 0.256. The topological polar surface area (TPSA) is 27.7 Å². The van der Waals surface area contributed by atoms with Gasteiger partial charge in [-0.15, -0.1) is 0 Å². The summed E-state index contributed by atoms with van der Waals surface area (Å²) in [5.74, 6) is 3.17. The minimum atomic E-state index is 0.256. The maximum absolute atomic E-state index is 5.84. The van der Waals surface area contributed by atoms with Crippen LogP contribution in [0.15, 0.2) is 48.5 Å². The molecule has 2 aromatic carbocycles. The molecular weight excluding hydrogens is 352 g/mol. The van der Waals surface area contributed by atoms with Crippen molar-refractivity contribution in [1.29, 1.82) is 0 Å². The lowest BCUT2D eigenvalue weighted by Gasteiger charge is -2.12. The molecule has 0 fully saturated rings. The maximum Gasteiger partial charge on any atom is 0.127 e. The van der Waals surface area contributed by atoms with Crippen LogP contribution in [0.3, 0.4) is 0 Å². The Balaban J connectivity index is 1.85. The van der Waals surface area contributed by atoms with Crippen LogP contribution in [0.25, 0.3) is 0 Å². The summed E-state index contributed by atoms with van der Waals surface area (Å²) >= 11 is 8.84. The molecule has 0 aliphatic rings. The fourth-order valence-corrected chi connectivity index (χ4v) is 2.11. The highest BCUT2D eigenvalue weighted by Crippen LogP contribution is 2.26. The van der Waals surface area contributed by atoms with Crippen molar-refractivity contribution < 1.29 is 14.2 Å². The third-order valence-corrected chi connectivity index (χ3v) is 4.74. The molecule has 5 heteroatoms. The van der Waals surface area contributed by atoms with Gasteiger partial charge in [0.2, 0.25) is 0 Å². The third-order valence-electron chi connectivity index (χ3n) is 3.71. The van der Waals surface area contributed by atoms with Crippen LogP contribution in [0.2, 0.25) is 0 Å². The first-order chi connectivity index (χ1) is 12.1. The van der Waals surface area contributed by atoms with E-state index in [1.807, 2.05) is 48.5 Å². The Hall–Kier alpha value is -1.46. The summed E-state index contributed by atoms with van der Waals surface area (Å²) in [6.45, 7) is 5.39. The Morgan fingerprint density at radius 1 is 0.640 bits per heavy atom. The normalized spacial score (nSPS) is 13.1. The van der Waals surface area contributed by atoms with E-state index in [9.17, 15) is 0 Å². The van der Waals surface area contributed by atoms with Gasteiger partial charge in [-0.1, -0.05) is 13.8 Å². The third kappa shape index (κ3) is 7.12. The lowest BCUT2D eigenvalue weighted by atomic mass is 10.3. The standard InChI is InChI=1S/C20H26O3S2/c1-3-19(24)13-21-15-5-9-17(10-6-15)23-18-11-7-16(8-12-18)22-14-20(25)4-2/h5-12,19-20,24-25H,3-4,13-14H2,1-2H3.